The molecule has 1 atom stereocenters. The Balaban J connectivity index is 2.71. The fourth-order valence-corrected chi connectivity index (χ4v) is 2.32. The van der Waals surface area contributed by atoms with E-state index in [-0.39, 0.29) is 16.9 Å². The summed E-state index contributed by atoms with van der Waals surface area (Å²) in [5.74, 6) is 0.0533. The largest absolute Gasteiger partial charge is 0.443 e. The van der Waals surface area contributed by atoms with Gasteiger partial charge in [-0.1, -0.05) is 20.8 Å². The highest BCUT2D eigenvalue weighted by atomic mass is 16.5. The predicted molar refractivity (Wildman–Crippen MR) is 77.0 cm³/mol. The molecule has 0 radical (unpaired) electrons. The van der Waals surface area contributed by atoms with Crippen molar-refractivity contribution in [1.29, 1.82) is 10.5 Å². The molecule has 1 aromatic heterocycles. The van der Waals surface area contributed by atoms with Crippen LogP contribution in [0.3, 0.4) is 0 Å². The summed E-state index contributed by atoms with van der Waals surface area (Å²) in [5, 5.41) is 19.0. The van der Waals surface area contributed by atoms with Gasteiger partial charge in [-0.2, -0.15) is 10.5 Å². The summed E-state index contributed by atoms with van der Waals surface area (Å²) < 4.78 is 5.59. The minimum absolute atomic E-state index is 0.0586. The van der Waals surface area contributed by atoms with Crippen molar-refractivity contribution in [2.75, 3.05) is 0 Å². The standard InChI is InChI=1S/C16H16N4O/c1-16(2,3)14-11(8-17)13(10-4-6-20-7-5-10)12(9-18)15(19)21-14/h4-7,13H,19H2,1-3H3/t13-/m1/s1. The first kappa shape index (κ1) is 14.6. The molecule has 106 valence electrons. The van der Waals surface area contributed by atoms with Gasteiger partial charge in [-0.25, -0.2) is 0 Å². The van der Waals surface area contributed by atoms with Crippen LogP contribution < -0.4 is 5.73 Å². The monoisotopic (exact) mass is 280 g/mol. The van der Waals surface area contributed by atoms with Crippen molar-refractivity contribution in [2.24, 2.45) is 11.1 Å². The van der Waals surface area contributed by atoms with Crippen LogP contribution in [0.5, 0.6) is 0 Å². The lowest BCUT2D eigenvalue weighted by Crippen LogP contribution is -2.26. The Bertz CT molecular complexity index is 697. The molecular formula is C16H16N4O. The van der Waals surface area contributed by atoms with Crippen LogP contribution in [0.4, 0.5) is 0 Å². The van der Waals surface area contributed by atoms with Crippen LogP contribution in [0.1, 0.15) is 32.3 Å². The first-order valence-electron chi connectivity index (χ1n) is 6.52. The molecule has 0 amide bonds. The van der Waals surface area contributed by atoms with Gasteiger partial charge in [0.2, 0.25) is 5.88 Å². The minimum Gasteiger partial charge on any atom is -0.443 e. The molecule has 1 aromatic rings. The van der Waals surface area contributed by atoms with Crippen molar-refractivity contribution in [3.05, 3.63) is 52.9 Å². The van der Waals surface area contributed by atoms with E-state index in [4.69, 9.17) is 10.5 Å². The average molecular weight is 280 g/mol. The molecule has 1 aliphatic rings. The van der Waals surface area contributed by atoms with Gasteiger partial charge >= 0.3 is 0 Å². The molecule has 0 aromatic carbocycles. The van der Waals surface area contributed by atoms with E-state index < -0.39 is 5.92 Å². The van der Waals surface area contributed by atoms with E-state index in [9.17, 15) is 10.5 Å². The summed E-state index contributed by atoms with van der Waals surface area (Å²) >= 11 is 0. The van der Waals surface area contributed by atoms with E-state index >= 15 is 0 Å². The molecule has 0 aliphatic carbocycles. The van der Waals surface area contributed by atoms with Crippen molar-refractivity contribution in [3.63, 3.8) is 0 Å². The maximum Gasteiger partial charge on any atom is 0.205 e. The first-order chi connectivity index (χ1) is 9.90. The molecule has 0 bridgehead atoms. The normalized spacial score (nSPS) is 18.8. The lowest BCUT2D eigenvalue weighted by Gasteiger charge is -2.31. The molecule has 21 heavy (non-hydrogen) atoms. The van der Waals surface area contributed by atoms with Gasteiger partial charge in [0, 0.05) is 17.8 Å². The highest BCUT2D eigenvalue weighted by Crippen LogP contribution is 2.43. The van der Waals surface area contributed by atoms with Crippen LogP contribution in [0, 0.1) is 28.1 Å². The molecule has 0 spiro atoms. The van der Waals surface area contributed by atoms with Crippen molar-refractivity contribution in [2.45, 2.75) is 26.7 Å². The SMILES string of the molecule is CC(C)(C)C1=C(C#N)[C@@H](c2ccncc2)C(C#N)=C(N)O1. The molecule has 2 heterocycles. The zero-order chi connectivity index (χ0) is 15.6. The fourth-order valence-electron chi connectivity index (χ4n) is 2.32. The molecule has 5 nitrogen and oxygen atoms in total. The summed E-state index contributed by atoms with van der Waals surface area (Å²) in [4.78, 5) is 3.97. The first-order valence-corrected chi connectivity index (χ1v) is 6.52. The van der Waals surface area contributed by atoms with Crippen LogP contribution in [0.2, 0.25) is 0 Å². The van der Waals surface area contributed by atoms with E-state index in [1.807, 2.05) is 20.8 Å². The molecule has 0 saturated carbocycles. The molecule has 0 saturated heterocycles. The van der Waals surface area contributed by atoms with Crippen molar-refractivity contribution >= 4 is 0 Å². The van der Waals surface area contributed by atoms with Crippen LogP contribution in [0.15, 0.2) is 47.3 Å². The Labute approximate surface area is 124 Å². The number of nitriles is 2. The van der Waals surface area contributed by atoms with Gasteiger partial charge in [0.05, 0.1) is 17.6 Å². The van der Waals surface area contributed by atoms with Crippen molar-refractivity contribution in [1.82, 2.24) is 4.98 Å². The minimum atomic E-state index is -0.508. The number of allylic oxidation sites excluding steroid dienone is 3. The predicted octanol–water partition coefficient (Wildman–Crippen LogP) is 2.71. The number of rotatable bonds is 1. The average Bonchev–Trinajstić information content (AvgIpc) is 2.46. The third kappa shape index (κ3) is 2.59. The molecule has 1 aliphatic heterocycles. The number of nitrogens with two attached hydrogens (primary N) is 1. The number of nitrogens with zero attached hydrogens (tertiary/aromatic N) is 3. The molecule has 2 N–H and O–H groups in total. The van der Waals surface area contributed by atoms with Gasteiger partial charge < -0.3 is 10.5 Å². The van der Waals surface area contributed by atoms with Gasteiger partial charge in [0.1, 0.15) is 17.4 Å². The van der Waals surface area contributed by atoms with E-state index in [1.165, 1.54) is 0 Å². The maximum absolute atomic E-state index is 9.58. The zero-order valence-electron chi connectivity index (χ0n) is 12.2. The second-order valence-electron chi connectivity index (χ2n) is 5.81. The molecule has 2 rings (SSSR count). The highest BCUT2D eigenvalue weighted by Gasteiger charge is 2.37. The number of aromatic nitrogens is 1. The third-order valence-corrected chi connectivity index (χ3v) is 3.26. The van der Waals surface area contributed by atoms with Crippen molar-refractivity contribution in [3.8, 4) is 12.1 Å². The highest BCUT2D eigenvalue weighted by molar-refractivity contribution is 5.53. The summed E-state index contributed by atoms with van der Waals surface area (Å²) in [6.45, 7) is 5.82. The van der Waals surface area contributed by atoms with Gasteiger partial charge in [-0.3, -0.25) is 4.98 Å². The molecule has 0 unspecified atom stereocenters. The Morgan fingerprint density at radius 1 is 1.14 bits per heavy atom. The number of hydrogen-bond acceptors (Lipinski definition) is 5. The lowest BCUT2D eigenvalue weighted by atomic mass is 9.79. The van der Waals surface area contributed by atoms with E-state index in [0.29, 0.717) is 11.3 Å². The van der Waals surface area contributed by atoms with Crippen molar-refractivity contribution < 1.29 is 4.74 Å². The van der Waals surface area contributed by atoms with E-state index in [2.05, 4.69) is 17.1 Å². The van der Waals surface area contributed by atoms with Gasteiger partial charge in [-0.05, 0) is 17.7 Å². The number of ether oxygens (including phenoxy) is 1. The summed E-state index contributed by atoms with van der Waals surface area (Å²) in [6, 6.07) is 7.80. The Kier molecular flexibility index (Phi) is 3.69. The van der Waals surface area contributed by atoms with Crippen LogP contribution in [-0.4, -0.2) is 4.98 Å². The lowest BCUT2D eigenvalue weighted by molar-refractivity contribution is 0.199. The van der Waals surface area contributed by atoms with E-state index in [0.717, 1.165) is 5.56 Å². The summed E-state index contributed by atoms with van der Waals surface area (Å²) in [7, 11) is 0. The molecular weight excluding hydrogens is 264 g/mol. The zero-order valence-corrected chi connectivity index (χ0v) is 12.2. The smallest absolute Gasteiger partial charge is 0.205 e. The summed E-state index contributed by atoms with van der Waals surface area (Å²) in [5.41, 5.74) is 6.98. The Hall–Kier alpha value is -2.79. The topological polar surface area (TPSA) is 95.7 Å². The van der Waals surface area contributed by atoms with Gasteiger partial charge in [-0.15, -0.1) is 0 Å². The number of pyridine rings is 1. The maximum atomic E-state index is 9.58. The second kappa shape index (κ2) is 5.30. The third-order valence-electron chi connectivity index (χ3n) is 3.26. The second-order valence-corrected chi connectivity index (χ2v) is 5.81. The summed E-state index contributed by atoms with van der Waals surface area (Å²) in [6.07, 6.45) is 3.25. The quantitative estimate of drug-likeness (QED) is 0.853. The Morgan fingerprint density at radius 3 is 2.19 bits per heavy atom. The van der Waals surface area contributed by atoms with Crippen LogP contribution in [0.25, 0.3) is 0 Å². The molecule has 0 fully saturated rings. The molecule has 5 heteroatoms. The Morgan fingerprint density at radius 2 is 1.71 bits per heavy atom. The van der Waals surface area contributed by atoms with E-state index in [1.54, 1.807) is 24.5 Å². The van der Waals surface area contributed by atoms with Crippen LogP contribution >= 0.6 is 0 Å². The van der Waals surface area contributed by atoms with Crippen LogP contribution in [-0.2, 0) is 4.74 Å². The van der Waals surface area contributed by atoms with Gasteiger partial charge in [0.15, 0.2) is 0 Å². The fraction of sp³-hybridized carbons (Fsp3) is 0.312. The van der Waals surface area contributed by atoms with Gasteiger partial charge in [0.25, 0.3) is 0 Å². The number of hydrogen-bond donors (Lipinski definition) is 1.